The number of benzene rings is 2. The molecular formula is C25H28N2O3. The molecule has 0 bridgehead atoms. The molecule has 1 aliphatic heterocycles. The third-order valence-corrected chi connectivity index (χ3v) is 6.53. The van der Waals surface area contributed by atoms with Gasteiger partial charge in [0.15, 0.2) is 0 Å². The molecular weight excluding hydrogens is 376 g/mol. The number of hydrogen-bond donors (Lipinski definition) is 1. The van der Waals surface area contributed by atoms with Crippen LogP contribution in [0.3, 0.4) is 0 Å². The van der Waals surface area contributed by atoms with Crippen LogP contribution in [-0.2, 0) is 27.7 Å². The van der Waals surface area contributed by atoms with Gasteiger partial charge in [0.25, 0.3) is 0 Å². The van der Waals surface area contributed by atoms with Gasteiger partial charge in [-0.1, -0.05) is 43.5 Å². The highest BCUT2D eigenvalue weighted by Gasteiger charge is 2.30. The van der Waals surface area contributed by atoms with Crippen LogP contribution >= 0.6 is 0 Å². The molecule has 0 saturated heterocycles. The Hall–Kier alpha value is -2.63. The Kier molecular flexibility index (Phi) is 5.09. The number of nitrogens with zero attached hydrogens (tertiary/aromatic N) is 1. The van der Waals surface area contributed by atoms with Crippen molar-refractivity contribution >= 4 is 22.5 Å². The zero-order valence-electron chi connectivity index (χ0n) is 17.7. The van der Waals surface area contributed by atoms with Crippen LogP contribution in [0.25, 0.3) is 22.2 Å². The van der Waals surface area contributed by atoms with Crippen molar-refractivity contribution in [2.45, 2.75) is 58.1 Å². The molecule has 2 aliphatic rings. The second-order valence-electron chi connectivity index (χ2n) is 8.56. The molecule has 0 radical (unpaired) electrons. The number of aryl methyl sites for hydroxylation is 1. The lowest BCUT2D eigenvalue weighted by Crippen LogP contribution is -2.16. The molecule has 1 amide bonds. The maximum atomic E-state index is 12.8. The number of aromatic nitrogens is 1. The summed E-state index contributed by atoms with van der Waals surface area (Å²) in [6, 6.07) is 12.9. The molecule has 5 nitrogen and oxygen atoms in total. The largest absolute Gasteiger partial charge is 0.331 e. The van der Waals surface area contributed by atoms with E-state index in [9.17, 15) is 4.79 Å². The lowest BCUT2D eigenvalue weighted by molar-refractivity contribution is -0.282. The Morgan fingerprint density at radius 2 is 1.93 bits per heavy atom. The van der Waals surface area contributed by atoms with E-state index >= 15 is 0 Å². The number of fused-ring (bicyclic) bond motifs is 5. The number of amides is 1. The predicted octanol–water partition coefficient (Wildman–Crippen LogP) is 5.69. The fourth-order valence-electron chi connectivity index (χ4n) is 5.20. The van der Waals surface area contributed by atoms with E-state index in [1.54, 1.807) is 0 Å². The minimum atomic E-state index is 0.0197. The van der Waals surface area contributed by atoms with Crippen molar-refractivity contribution in [1.82, 2.24) is 4.57 Å². The van der Waals surface area contributed by atoms with E-state index in [0.29, 0.717) is 19.1 Å². The number of carbonyl (C=O) groups excluding carboxylic acids is 1. The highest BCUT2D eigenvalue weighted by molar-refractivity contribution is 6.03. The van der Waals surface area contributed by atoms with E-state index in [0.717, 1.165) is 27.9 Å². The molecule has 1 aromatic heterocycles. The summed E-state index contributed by atoms with van der Waals surface area (Å²) >= 11 is 0. The summed E-state index contributed by atoms with van der Waals surface area (Å²) < 4.78 is 2.21. The van der Waals surface area contributed by atoms with Crippen molar-refractivity contribution in [2.75, 3.05) is 12.4 Å². The molecule has 5 rings (SSSR count). The SMILES string of the molecule is COOCc1ccc2c(C3CCCCC3)c3n(c2c1)CC(=O)Nc1cc(C)ccc1-3. The van der Waals surface area contributed by atoms with E-state index in [1.807, 2.05) is 0 Å². The van der Waals surface area contributed by atoms with Crippen molar-refractivity contribution in [3.8, 4) is 11.3 Å². The quantitative estimate of drug-likeness (QED) is 0.449. The zero-order valence-corrected chi connectivity index (χ0v) is 17.7. The van der Waals surface area contributed by atoms with Gasteiger partial charge in [0, 0.05) is 16.5 Å². The average molecular weight is 405 g/mol. The lowest BCUT2D eigenvalue weighted by Gasteiger charge is -2.23. The fraction of sp³-hybridized carbons (Fsp3) is 0.400. The molecule has 0 spiro atoms. The van der Waals surface area contributed by atoms with Crippen LogP contribution in [0.1, 0.15) is 54.7 Å². The summed E-state index contributed by atoms with van der Waals surface area (Å²) in [6.45, 7) is 2.77. The van der Waals surface area contributed by atoms with E-state index in [-0.39, 0.29) is 5.91 Å². The van der Waals surface area contributed by atoms with Crippen LogP contribution < -0.4 is 5.32 Å². The van der Waals surface area contributed by atoms with E-state index in [2.05, 4.69) is 53.2 Å². The second kappa shape index (κ2) is 7.89. The van der Waals surface area contributed by atoms with E-state index < -0.39 is 0 Å². The minimum Gasteiger partial charge on any atom is -0.331 e. The van der Waals surface area contributed by atoms with Crippen LogP contribution in [0, 0.1) is 6.92 Å². The van der Waals surface area contributed by atoms with Crippen molar-refractivity contribution in [3.63, 3.8) is 0 Å². The second-order valence-corrected chi connectivity index (χ2v) is 8.56. The number of rotatable bonds is 4. The number of anilines is 1. The molecule has 3 aromatic rings. The Balaban J connectivity index is 1.79. The maximum absolute atomic E-state index is 12.8. The maximum Gasteiger partial charge on any atom is 0.244 e. The monoisotopic (exact) mass is 404 g/mol. The van der Waals surface area contributed by atoms with Gasteiger partial charge in [-0.3, -0.25) is 4.79 Å². The van der Waals surface area contributed by atoms with Gasteiger partial charge >= 0.3 is 0 Å². The molecule has 1 N–H and O–H groups in total. The molecule has 2 heterocycles. The first-order valence-corrected chi connectivity index (χ1v) is 10.9. The van der Waals surface area contributed by atoms with E-state index in [1.165, 1.54) is 55.9 Å². The number of hydrogen-bond acceptors (Lipinski definition) is 3. The molecule has 0 unspecified atom stereocenters. The third-order valence-electron chi connectivity index (χ3n) is 6.53. The average Bonchev–Trinajstić information content (AvgIpc) is 2.98. The summed E-state index contributed by atoms with van der Waals surface area (Å²) in [6.07, 6.45) is 6.29. The topological polar surface area (TPSA) is 52.5 Å². The fourth-order valence-corrected chi connectivity index (χ4v) is 5.20. The normalized spacial score (nSPS) is 16.8. The van der Waals surface area contributed by atoms with Crippen LogP contribution in [0.5, 0.6) is 0 Å². The van der Waals surface area contributed by atoms with Gasteiger partial charge in [-0.05, 0) is 54.5 Å². The van der Waals surface area contributed by atoms with Crippen LogP contribution in [-0.4, -0.2) is 17.6 Å². The third kappa shape index (κ3) is 3.32. The lowest BCUT2D eigenvalue weighted by atomic mass is 9.81. The first kappa shape index (κ1) is 19.3. The van der Waals surface area contributed by atoms with Gasteiger partial charge in [-0.2, -0.15) is 0 Å². The van der Waals surface area contributed by atoms with Crippen LogP contribution in [0.4, 0.5) is 5.69 Å². The smallest absolute Gasteiger partial charge is 0.244 e. The van der Waals surface area contributed by atoms with Crippen molar-refractivity contribution < 1.29 is 14.6 Å². The van der Waals surface area contributed by atoms with Crippen molar-refractivity contribution in [2.24, 2.45) is 0 Å². The molecule has 1 aliphatic carbocycles. The molecule has 1 saturated carbocycles. The van der Waals surface area contributed by atoms with Gasteiger partial charge in [-0.25, -0.2) is 9.78 Å². The van der Waals surface area contributed by atoms with Crippen molar-refractivity contribution in [3.05, 3.63) is 53.1 Å². The summed E-state index contributed by atoms with van der Waals surface area (Å²) in [5, 5.41) is 4.40. The van der Waals surface area contributed by atoms with Gasteiger partial charge in [-0.15, -0.1) is 0 Å². The number of nitrogens with one attached hydrogen (secondary N) is 1. The van der Waals surface area contributed by atoms with Gasteiger partial charge in [0.1, 0.15) is 13.2 Å². The molecule has 30 heavy (non-hydrogen) atoms. The van der Waals surface area contributed by atoms with Gasteiger partial charge < -0.3 is 9.88 Å². The Morgan fingerprint density at radius 1 is 1.10 bits per heavy atom. The standard InChI is InChI=1S/C25H28N2O3/c1-16-8-10-19-21(12-16)26-23(28)14-27-22-13-17(15-30-29-2)9-11-20(22)24(25(19)27)18-6-4-3-5-7-18/h8-13,18H,3-7,14-15H2,1-2H3,(H,26,28). The first-order valence-electron chi connectivity index (χ1n) is 10.9. The molecule has 0 atom stereocenters. The highest BCUT2D eigenvalue weighted by Crippen LogP contribution is 2.46. The summed E-state index contributed by atoms with van der Waals surface area (Å²) in [5.74, 6) is 0.548. The Morgan fingerprint density at radius 3 is 2.73 bits per heavy atom. The predicted molar refractivity (Wildman–Crippen MR) is 118 cm³/mol. The zero-order chi connectivity index (χ0) is 20.7. The number of carbonyl (C=O) groups is 1. The van der Waals surface area contributed by atoms with Crippen LogP contribution in [0.2, 0.25) is 0 Å². The molecule has 1 fully saturated rings. The summed E-state index contributed by atoms with van der Waals surface area (Å²) in [5.41, 5.74) is 7.94. The molecule has 156 valence electrons. The van der Waals surface area contributed by atoms with E-state index in [4.69, 9.17) is 9.78 Å². The van der Waals surface area contributed by atoms with Crippen molar-refractivity contribution in [1.29, 1.82) is 0 Å². The van der Waals surface area contributed by atoms with Gasteiger partial charge in [0.05, 0.1) is 18.5 Å². The molecule has 2 aromatic carbocycles. The summed E-state index contributed by atoms with van der Waals surface area (Å²) in [7, 11) is 1.52. The van der Waals surface area contributed by atoms with Gasteiger partial charge in [0.2, 0.25) is 5.91 Å². The Bertz CT molecular complexity index is 1110. The van der Waals surface area contributed by atoms with Crippen LogP contribution in [0.15, 0.2) is 36.4 Å². The first-order chi connectivity index (χ1) is 14.7. The molecule has 5 heteroatoms. The minimum absolute atomic E-state index is 0.0197. The highest BCUT2D eigenvalue weighted by atomic mass is 17.2. The summed E-state index contributed by atoms with van der Waals surface area (Å²) in [4.78, 5) is 22.8. The Labute approximate surface area is 176 Å².